The highest BCUT2D eigenvalue weighted by Gasteiger charge is 2.40. The lowest BCUT2D eigenvalue weighted by Gasteiger charge is -2.22. The van der Waals surface area contributed by atoms with Crippen LogP contribution in [0.4, 0.5) is 0 Å². The van der Waals surface area contributed by atoms with Crippen LogP contribution in [-0.4, -0.2) is 53.0 Å². The van der Waals surface area contributed by atoms with Gasteiger partial charge in [0.15, 0.2) is 0 Å². The standard InChI is InChI=1S/C22H24N4O5S/c1-16-8-10-18(11-9-16)32(28,29)26-13-3-6-19(26)22(27)30-14-4-7-20-24-21(25-31-20)17-5-2-12-23-15-17/h2,5,8-12,15,19H,3-4,6-7,13-14H2,1H3/t19-/m0/s1. The SMILES string of the molecule is Cc1ccc(S(=O)(=O)N2CCC[C@H]2C(=O)OCCCc2nc(-c3cccnc3)no2)cc1. The van der Waals surface area contributed by atoms with Crippen LogP contribution in [0.25, 0.3) is 11.4 Å². The van der Waals surface area contributed by atoms with E-state index in [-0.39, 0.29) is 11.5 Å². The molecule has 1 fully saturated rings. The first-order valence-corrected chi connectivity index (χ1v) is 11.9. The average molecular weight is 457 g/mol. The van der Waals surface area contributed by atoms with Crippen LogP contribution < -0.4 is 0 Å². The predicted molar refractivity (Wildman–Crippen MR) is 115 cm³/mol. The molecule has 0 aliphatic carbocycles. The van der Waals surface area contributed by atoms with Gasteiger partial charge in [-0.2, -0.15) is 9.29 Å². The number of sulfonamides is 1. The van der Waals surface area contributed by atoms with Gasteiger partial charge in [0.2, 0.25) is 21.7 Å². The van der Waals surface area contributed by atoms with E-state index >= 15 is 0 Å². The Hall–Kier alpha value is -3.11. The Balaban J connectivity index is 1.30. The number of carbonyl (C=O) groups excluding carboxylic acids is 1. The van der Waals surface area contributed by atoms with Gasteiger partial charge in [-0.1, -0.05) is 22.9 Å². The Morgan fingerprint density at radius 2 is 2.06 bits per heavy atom. The number of benzene rings is 1. The summed E-state index contributed by atoms with van der Waals surface area (Å²) in [5, 5.41) is 3.93. The largest absolute Gasteiger partial charge is 0.464 e. The average Bonchev–Trinajstić information content (AvgIpc) is 3.48. The van der Waals surface area contributed by atoms with E-state index in [9.17, 15) is 13.2 Å². The van der Waals surface area contributed by atoms with Crippen LogP contribution in [0.2, 0.25) is 0 Å². The van der Waals surface area contributed by atoms with Crippen LogP contribution in [0, 0.1) is 6.92 Å². The summed E-state index contributed by atoms with van der Waals surface area (Å²) >= 11 is 0. The summed E-state index contributed by atoms with van der Waals surface area (Å²) in [4.78, 5) is 21.1. The van der Waals surface area contributed by atoms with E-state index in [4.69, 9.17) is 9.26 Å². The van der Waals surface area contributed by atoms with Crippen LogP contribution >= 0.6 is 0 Å². The molecule has 10 heteroatoms. The van der Waals surface area contributed by atoms with Crippen LogP contribution in [0.15, 0.2) is 58.2 Å². The normalized spacial score (nSPS) is 16.8. The Bertz CT molecular complexity index is 1160. The molecule has 3 aromatic rings. The van der Waals surface area contributed by atoms with Crippen LogP contribution in [0.1, 0.15) is 30.7 Å². The minimum atomic E-state index is -3.75. The number of aromatic nitrogens is 3. The highest BCUT2D eigenvalue weighted by molar-refractivity contribution is 7.89. The summed E-state index contributed by atoms with van der Waals surface area (Å²) in [7, 11) is -3.75. The van der Waals surface area contributed by atoms with E-state index in [0.717, 1.165) is 11.1 Å². The molecule has 9 nitrogen and oxygen atoms in total. The van der Waals surface area contributed by atoms with Crippen molar-refractivity contribution >= 4 is 16.0 Å². The van der Waals surface area contributed by atoms with Crippen molar-refractivity contribution < 1.29 is 22.5 Å². The number of nitrogens with zero attached hydrogens (tertiary/aromatic N) is 4. The molecule has 0 N–H and O–H groups in total. The summed E-state index contributed by atoms with van der Waals surface area (Å²) in [6.45, 7) is 2.33. The molecule has 4 rings (SSSR count). The molecule has 0 unspecified atom stereocenters. The minimum absolute atomic E-state index is 0.137. The summed E-state index contributed by atoms with van der Waals surface area (Å²) in [5.74, 6) is 0.358. The highest BCUT2D eigenvalue weighted by Crippen LogP contribution is 2.27. The maximum absolute atomic E-state index is 13.0. The van der Waals surface area contributed by atoms with Crippen molar-refractivity contribution in [2.75, 3.05) is 13.2 Å². The van der Waals surface area contributed by atoms with Gasteiger partial charge in [-0.15, -0.1) is 0 Å². The first-order valence-electron chi connectivity index (χ1n) is 10.4. The van der Waals surface area contributed by atoms with Gasteiger partial charge in [0.1, 0.15) is 6.04 Å². The highest BCUT2D eigenvalue weighted by atomic mass is 32.2. The molecule has 2 aromatic heterocycles. The number of hydrogen-bond acceptors (Lipinski definition) is 8. The lowest BCUT2D eigenvalue weighted by Crippen LogP contribution is -2.41. The maximum atomic E-state index is 13.0. The molecule has 0 amide bonds. The second kappa shape index (κ2) is 9.58. The molecule has 1 aromatic carbocycles. The Kier molecular flexibility index (Phi) is 6.61. The smallest absolute Gasteiger partial charge is 0.324 e. The molecule has 0 radical (unpaired) electrons. The van der Waals surface area contributed by atoms with E-state index < -0.39 is 22.0 Å². The van der Waals surface area contributed by atoms with Crippen LogP contribution in [0.3, 0.4) is 0 Å². The maximum Gasteiger partial charge on any atom is 0.324 e. The summed E-state index contributed by atoms with van der Waals surface area (Å²) in [5.41, 5.74) is 1.72. The van der Waals surface area contributed by atoms with Gasteiger partial charge in [0.05, 0.1) is 11.5 Å². The topological polar surface area (TPSA) is 115 Å². The zero-order valence-corrected chi connectivity index (χ0v) is 18.5. The Morgan fingerprint density at radius 1 is 1.25 bits per heavy atom. The molecule has 1 aliphatic rings. The third-order valence-electron chi connectivity index (χ3n) is 5.27. The van der Waals surface area contributed by atoms with Crippen molar-refractivity contribution in [2.24, 2.45) is 0 Å². The first-order chi connectivity index (χ1) is 15.4. The van der Waals surface area contributed by atoms with Gasteiger partial charge in [0, 0.05) is 30.9 Å². The number of hydrogen-bond donors (Lipinski definition) is 0. The summed E-state index contributed by atoms with van der Waals surface area (Å²) in [6.07, 6.45) is 5.30. The van der Waals surface area contributed by atoms with Crippen molar-refractivity contribution in [3.63, 3.8) is 0 Å². The van der Waals surface area contributed by atoms with E-state index in [1.165, 1.54) is 4.31 Å². The fourth-order valence-electron chi connectivity index (χ4n) is 3.57. The summed E-state index contributed by atoms with van der Waals surface area (Å²) in [6, 6.07) is 9.44. The van der Waals surface area contributed by atoms with Gasteiger partial charge in [-0.3, -0.25) is 9.78 Å². The van der Waals surface area contributed by atoms with Crippen molar-refractivity contribution in [2.45, 2.75) is 43.5 Å². The molecule has 3 heterocycles. The van der Waals surface area contributed by atoms with Crippen molar-refractivity contribution in [1.82, 2.24) is 19.4 Å². The van der Waals surface area contributed by atoms with Gasteiger partial charge >= 0.3 is 5.97 Å². The number of ether oxygens (including phenoxy) is 1. The molecule has 1 atom stereocenters. The van der Waals surface area contributed by atoms with Crippen LogP contribution in [-0.2, 0) is 26.0 Å². The summed E-state index contributed by atoms with van der Waals surface area (Å²) < 4.78 is 37.8. The second-order valence-electron chi connectivity index (χ2n) is 7.61. The monoisotopic (exact) mass is 456 g/mol. The number of esters is 1. The molecule has 1 aliphatic heterocycles. The van der Waals surface area contributed by atoms with E-state index in [1.807, 2.05) is 13.0 Å². The Morgan fingerprint density at radius 3 is 2.81 bits per heavy atom. The second-order valence-corrected chi connectivity index (χ2v) is 9.50. The van der Waals surface area contributed by atoms with E-state index in [0.29, 0.717) is 43.9 Å². The molecular formula is C22H24N4O5S. The van der Waals surface area contributed by atoms with E-state index in [1.54, 1.807) is 42.7 Å². The number of carbonyl (C=O) groups is 1. The van der Waals surface area contributed by atoms with Crippen molar-refractivity contribution in [3.05, 3.63) is 60.2 Å². The van der Waals surface area contributed by atoms with Gasteiger partial charge in [0.25, 0.3) is 0 Å². The van der Waals surface area contributed by atoms with Crippen molar-refractivity contribution in [3.8, 4) is 11.4 Å². The van der Waals surface area contributed by atoms with Gasteiger partial charge < -0.3 is 9.26 Å². The fraction of sp³-hybridized carbons (Fsp3) is 0.364. The minimum Gasteiger partial charge on any atom is -0.464 e. The fourth-order valence-corrected chi connectivity index (χ4v) is 5.22. The molecule has 0 bridgehead atoms. The molecule has 32 heavy (non-hydrogen) atoms. The third-order valence-corrected chi connectivity index (χ3v) is 7.19. The predicted octanol–water partition coefficient (Wildman–Crippen LogP) is 2.77. The van der Waals surface area contributed by atoms with Gasteiger partial charge in [-0.05, 0) is 50.5 Å². The quantitative estimate of drug-likeness (QED) is 0.375. The lowest BCUT2D eigenvalue weighted by atomic mass is 10.2. The zero-order valence-electron chi connectivity index (χ0n) is 17.7. The number of aryl methyl sites for hydroxylation is 2. The number of rotatable bonds is 8. The number of pyridine rings is 1. The molecular weight excluding hydrogens is 432 g/mol. The molecule has 0 saturated carbocycles. The van der Waals surface area contributed by atoms with Crippen LogP contribution in [0.5, 0.6) is 0 Å². The first kappa shape index (κ1) is 22.1. The molecule has 1 saturated heterocycles. The molecule has 168 valence electrons. The van der Waals surface area contributed by atoms with Crippen molar-refractivity contribution in [1.29, 1.82) is 0 Å². The van der Waals surface area contributed by atoms with Gasteiger partial charge in [-0.25, -0.2) is 8.42 Å². The zero-order chi connectivity index (χ0) is 22.6. The lowest BCUT2D eigenvalue weighted by molar-refractivity contribution is -0.147. The van der Waals surface area contributed by atoms with E-state index in [2.05, 4.69) is 15.1 Å². The third kappa shape index (κ3) is 4.86. The molecule has 0 spiro atoms. The Labute approximate surface area is 186 Å².